The molecule has 1 unspecified atom stereocenters. The second kappa shape index (κ2) is 8.08. The van der Waals surface area contributed by atoms with Crippen LogP contribution in [0.5, 0.6) is 0 Å². The number of ether oxygens (including phenoxy) is 1. The van der Waals surface area contributed by atoms with E-state index in [9.17, 15) is 4.79 Å². The SMILES string of the molecule is CC(C)CC1COCCN1C(=O)C1CCNCC1.Cl. The van der Waals surface area contributed by atoms with Crippen molar-refractivity contribution in [2.45, 2.75) is 39.2 Å². The molecule has 2 aliphatic rings. The Morgan fingerprint density at radius 3 is 2.68 bits per heavy atom. The molecule has 0 aromatic heterocycles. The lowest BCUT2D eigenvalue weighted by Crippen LogP contribution is -2.52. The summed E-state index contributed by atoms with van der Waals surface area (Å²) in [5.74, 6) is 1.21. The van der Waals surface area contributed by atoms with E-state index in [1.165, 1.54) is 0 Å². The summed E-state index contributed by atoms with van der Waals surface area (Å²) in [6.45, 7) is 8.58. The number of carbonyl (C=O) groups is 1. The van der Waals surface area contributed by atoms with Crippen molar-refractivity contribution in [3.8, 4) is 0 Å². The molecule has 112 valence electrons. The van der Waals surface area contributed by atoms with E-state index in [0.717, 1.165) is 45.5 Å². The summed E-state index contributed by atoms with van der Waals surface area (Å²) in [7, 11) is 0. The molecule has 0 bridgehead atoms. The fraction of sp³-hybridized carbons (Fsp3) is 0.929. The fourth-order valence-corrected chi connectivity index (χ4v) is 2.99. The highest BCUT2D eigenvalue weighted by Crippen LogP contribution is 2.21. The molecule has 0 radical (unpaired) electrons. The van der Waals surface area contributed by atoms with E-state index in [1.807, 2.05) is 0 Å². The highest BCUT2D eigenvalue weighted by atomic mass is 35.5. The topological polar surface area (TPSA) is 41.6 Å². The molecule has 1 N–H and O–H groups in total. The maximum atomic E-state index is 12.6. The van der Waals surface area contributed by atoms with E-state index in [1.54, 1.807) is 0 Å². The van der Waals surface area contributed by atoms with Gasteiger partial charge in [-0.3, -0.25) is 4.79 Å². The molecule has 0 saturated carbocycles. The average Bonchev–Trinajstić information content (AvgIpc) is 2.39. The molecule has 2 aliphatic heterocycles. The molecule has 2 fully saturated rings. The first-order valence-electron chi connectivity index (χ1n) is 7.27. The lowest BCUT2D eigenvalue weighted by atomic mass is 9.94. The first kappa shape index (κ1) is 16.7. The van der Waals surface area contributed by atoms with Crippen LogP contribution >= 0.6 is 12.4 Å². The standard InChI is InChI=1S/C14H26N2O2.ClH/c1-11(2)9-13-10-18-8-7-16(13)14(17)12-3-5-15-6-4-12;/h11-13,15H,3-10H2,1-2H3;1H. The maximum absolute atomic E-state index is 12.6. The van der Waals surface area contributed by atoms with Gasteiger partial charge in [0.05, 0.1) is 19.3 Å². The Morgan fingerprint density at radius 2 is 2.05 bits per heavy atom. The molecule has 1 atom stereocenters. The van der Waals surface area contributed by atoms with Crippen LogP contribution in [-0.4, -0.2) is 49.7 Å². The predicted molar refractivity (Wildman–Crippen MR) is 78.6 cm³/mol. The number of amides is 1. The van der Waals surface area contributed by atoms with Crippen LogP contribution in [0.2, 0.25) is 0 Å². The third-order valence-corrected chi connectivity index (χ3v) is 3.94. The van der Waals surface area contributed by atoms with Gasteiger partial charge in [0.15, 0.2) is 0 Å². The Bertz CT molecular complexity index is 281. The van der Waals surface area contributed by atoms with Crippen molar-refractivity contribution in [2.75, 3.05) is 32.8 Å². The maximum Gasteiger partial charge on any atom is 0.226 e. The van der Waals surface area contributed by atoms with E-state index in [-0.39, 0.29) is 18.3 Å². The van der Waals surface area contributed by atoms with Crippen molar-refractivity contribution >= 4 is 18.3 Å². The first-order valence-corrected chi connectivity index (χ1v) is 7.27. The van der Waals surface area contributed by atoms with Crippen LogP contribution in [0, 0.1) is 11.8 Å². The van der Waals surface area contributed by atoms with Gasteiger partial charge in [0.25, 0.3) is 0 Å². The van der Waals surface area contributed by atoms with Crippen LogP contribution in [0.4, 0.5) is 0 Å². The Hall–Kier alpha value is -0.320. The van der Waals surface area contributed by atoms with Crippen molar-refractivity contribution in [2.24, 2.45) is 11.8 Å². The first-order chi connectivity index (χ1) is 8.68. The third-order valence-electron chi connectivity index (χ3n) is 3.94. The average molecular weight is 291 g/mol. The molecule has 2 saturated heterocycles. The lowest BCUT2D eigenvalue weighted by Gasteiger charge is -2.39. The Kier molecular flexibility index (Phi) is 7.11. The zero-order valence-corrected chi connectivity index (χ0v) is 12.9. The normalized spacial score (nSPS) is 25.2. The number of morpholine rings is 1. The van der Waals surface area contributed by atoms with E-state index < -0.39 is 0 Å². The number of hydrogen-bond acceptors (Lipinski definition) is 3. The summed E-state index contributed by atoms with van der Waals surface area (Å²) in [6, 6.07) is 0.293. The third kappa shape index (κ3) is 4.62. The molecule has 0 aromatic rings. The fourth-order valence-electron chi connectivity index (χ4n) is 2.99. The molecule has 19 heavy (non-hydrogen) atoms. The van der Waals surface area contributed by atoms with Gasteiger partial charge < -0.3 is 15.0 Å². The van der Waals surface area contributed by atoms with Crippen molar-refractivity contribution in [3.05, 3.63) is 0 Å². The summed E-state index contributed by atoms with van der Waals surface area (Å²) in [6.07, 6.45) is 3.03. The molecule has 2 heterocycles. The van der Waals surface area contributed by atoms with Crippen molar-refractivity contribution in [3.63, 3.8) is 0 Å². The van der Waals surface area contributed by atoms with E-state index >= 15 is 0 Å². The molecule has 0 aromatic carbocycles. The van der Waals surface area contributed by atoms with Crippen LogP contribution in [-0.2, 0) is 9.53 Å². The summed E-state index contributed by atoms with van der Waals surface area (Å²) < 4.78 is 5.54. The summed E-state index contributed by atoms with van der Waals surface area (Å²) in [5, 5.41) is 3.32. The van der Waals surface area contributed by atoms with Gasteiger partial charge in [0.2, 0.25) is 5.91 Å². The number of hydrogen-bond donors (Lipinski definition) is 1. The number of halogens is 1. The van der Waals surface area contributed by atoms with Crippen LogP contribution in [0.1, 0.15) is 33.1 Å². The van der Waals surface area contributed by atoms with E-state index in [4.69, 9.17) is 4.74 Å². The van der Waals surface area contributed by atoms with Crippen LogP contribution in [0.15, 0.2) is 0 Å². The Labute approximate surface area is 122 Å². The van der Waals surface area contributed by atoms with Gasteiger partial charge in [0.1, 0.15) is 0 Å². The molecular weight excluding hydrogens is 264 g/mol. The molecule has 1 amide bonds. The van der Waals surface area contributed by atoms with Gasteiger partial charge in [-0.2, -0.15) is 0 Å². The quantitative estimate of drug-likeness (QED) is 0.860. The highest BCUT2D eigenvalue weighted by Gasteiger charge is 2.32. The van der Waals surface area contributed by atoms with Crippen LogP contribution in [0.25, 0.3) is 0 Å². The Balaban J connectivity index is 0.00000180. The van der Waals surface area contributed by atoms with E-state index in [0.29, 0.717) is 24.5 Å². The van der Waals surface area contributed by atoms with Gasteiger partial charge in [-0.05, 0) is 38.3 Å². The molecule has 0 spiro atoms. The minimum Gasteiger partial charge on any atom is -0.377 e. The minimum atomic E-state index is 0. The number of nitrogens with zero attached hydrogens (tertiary/aromatic N) is 1. The van der Waals surface area contributed by atoms with Gasteiger partial charge in [-0.25, -0.2) is 0 Å². The zero-order chi connectivity index (χ0) is 13.0. The van der Waals surface area contributed by atoms with Gasteiger partial charge in [-0.1, -0.05) is 13.8 Å². The summed E-state index contributed by atoms with van der Waals surface area (Å²) in [5.41, 5.74) is 0. The van der Waals surface area contributed by atoms with Gasteiger partial charge >= 0.3 is 0 Å². The summed E-state index contributed by atoms with van der Waals surface area (Å²) >= 11 is 0. The lowest BCUT2D eigenvalue weighted by molar-refractivity contribution is -0.145. The monoisotopic (exact) mass is 290 g/mol. The Morgan fingerprint density at radius 1 is 1.37 bits per heavy atom. The zero-order valence-electron chi connectivity index (χ0n) is 12.1. The largest absolute Gasteiger partial charge is 0.377 e. The summed E-state index contributed by atoms with van der Waals surface area (Å²) in [4.78, 5) is 14.7. The smallest absolute Gasteiger partial charge is 0.226 e. The second-order valence-corrected chi connectivity index (χ2v) is 5.91. The number of carbonyl (C=O) groups excluding carboxylic acids is 1. The minimum absolute atomic E-state index is 0. The van der Waals surface area contributed by atoms with E-state index in [2.05, 4.69) is 24.1 Å². The van der Waals surface area contributed by atoms with Crippen LogP contribution in [0.3, 0.4) is 0 Å². The molecule has 5 heteroatoms. The number of piperidine rings is 1. The second-order valence-electron chi connectivity index (χ2n) is 5.91. The van der Waals surface area contributed by atoms with Crippen molar-refractivity contribution in [1.82, 2.24) is 10.2 Å². The van der Waals surface area contributed by atoms with Crippen molar-refractivity contribution < 1.29 is 9.53 Å². The predicted octanol–water partition coefficient (Wildman–Crippen LogP) is 1.68. The highest BCUT2D eigenvalue weighted by molar-refractivity contribution is 5.85. The molecular formula is C14H27ClN2O2. The van der Waals surface area contributed by atoms with Crippen LogP contribution < -0.4 is 5.32 Å². The molecule has 0 aliphatic carbocycles. The van der Waals surface area contributed by atoms with Crippen molar-refractivity contribution in [1.29, 1.82) is 0 Å². The van der Waals surface area contributed by atoms with Gasteiger partial charge in [0, 0.05) is 12.5 Å². The van der Waals surface area contributed by atoms with Gasteiger partial charge in [-0.15, -0.1) is 12.4 Å². The number of rotatable bonds is 3. The molecule has 2 rings (SSSR count). The number of nitrogens with one attached hydrogen (secondary N) is 1. The molecule has 4 nitrogen and oxygen atoms in total.